The van der Waals surface area contributed by atoms with Gasteiger partial charge in [0.1, 0.15) is 0 Å². The molecule has 0 fully saturated rings. The van der Waals surface area contributed by atoms with Crippen molar-refractivity contribution >= 4 is 0 Å². The van der Waals surface area contributed by atoms with Crippen molar-refractivity contribution in [3.63, 3.8) is 0 Å². The maximum atomic E-state index is 9.41. The smallest absolute Gasteiger partial charge is 0.0855 e. The Hall–Kier alpha value is -0.940. The summed E-state index contributed by atoms with van der Waals surface area (Å²) in [7, 11) is 1.58. The predicted octanol–water partition coefficient (Wildman–Crippen LogP) is 1.35. The lowest BCUT2D eigenvalue weighted by Crippen LogP contribution is -2.33. The van der Waals surface area contributed by atoms with Crippen LogP contribution in [0.5, 0.6) is 0 Å². The largest absolute Gasteiger partial charge is 0.394 e. The van der Waals surface area contributed by atoms with Gasteiger partial charge in [0, 0.05) is 13.5 Å². The second-order valence-corrected chi connectivity index (χ2v) is 4.35. The first-order valence-corrected chi connectivity index (χ1v) is 6.14. The Kier molecular flexibility index (Phi) is 6.90. The summed E-state index contributed by atoms with van der Waals surface area (Å²) in [6, 6.07) is 9.88. The van der Waals surface area contributed by atoms with E-state index >= 15 is 0 Å². The Morgan fingerprint density at radius 1 is 1.22 bits per heavy atom. The Labute approximate surface area is 108 Å². The van der Waals surface area contributed by atoms with E-state index in [4.69, 9.17) is 14.6 Å². The number of aliphatic hydroxyl groups is 2. The van der Waals surface area contributed by atoms with Crippen LogP contribution in [0.25, 0.3) is 0 Å². The summed E-state index contributed by atoms with van der Waals surface area (Å²) in [5, 5.41) is 18.2. The highest BCUT2D eigenvalue weighted by atomic mass is 16.5. The topological polar surface area (TPSA) is 58.9 Å². The summed E-state index contributed by atoms with van der Waals surface area (Å²) in [4.78, 5) is 0. The van der Waals surface area contributed by atoms with Crippen LogP contribution in [0.4, 0.5) is 0 Å². The molecule has 2 N–H and O–H groups in total. The van der Waals surface area contributed by atoms with Crippen LogP contribution >= 0.6 is 0 Å². The van der Waals surface area contributed by atoms with Gasteiger partial charge in [-0.1, -0.05) is 30.3 Å². The fourth-order valence-corrected chi connectivity index (χ4v) is 1.73. The van der Waals surface area contributed by atoms with Crippen molar-refractivity contribution < 1.29 is 19.7 Å². The van der Waals surface area contributed by atoms with Crippen molar-refractivity contribution in [3.05, 3.63) is 35.9 Å². The fourth-order valence-electron chi connectivity index (χ4n) is 1.73. The monoisotopic (exact) mass is 254 g/mol. The lowest BCUT2D eigenvalue weighted by atomic mass is 10.1. The molecule has 1 rings (SSSR count). The minimum Gasteiger partial charge on any atom is -0.394 e. The van der Waals surface area contributed by atoms with Crippen molar-refractivity contribution in [2.45, 2.75) is 38.3 Å². The van der Waals surface area contributed by atoms with Crippen LogP contribution in [0.15, 0.2) is 30.3 Å². The fraction of sp³-hybridized carbons (Fsp3) is 0.571. The van der Waals surface area contributed by atoms with Crippen molar-refractivity contribution in [3.8, 4) is 0 Å². The van der Waals surface area contributed by atoms with E-state index in [9.17, 15) is 5.11 Å². The van der Waals surface area contributed by atoms with Crippen LogP contribution in [-0.2, 0) is 16.1 Å². The third-order valence-electron chi connectivity index (χ3n) is 2.90. The van der Waals surface area contributed by atoms with E-state index in [0.717, 1.165) is 5.56 Å². The molecule has 0 saturated heterocycles. The molecule has 0 radical (unpaired) electrons. The molecule has 0 saturated carbocycles. The van der Waals surface area contributed by atoms with Crippen LogP contribution in [-0.4, -0.2) is 42.2 Å². The molecule has 0 amide bonds. The molecule has 0 spiro atoms. The van der Waals surface area contributed by atoms with Gasteiger partial charge in [0.15, 0.2) is 0 Å². The molecule has 3 unspecified atom stereocenters. The molecule has 3 atom stereocenters. The quantitative estimate of drug-likeness (QED) is 0.735. The predicted molar refractivity (Wildman–Crippen MR) is 69.2 cm³/mol. The zero-order valence-electron chi connectivity index (χ0n) is 11.0. The molecule has 0 aliphatic rings. The molecule has 0 aliphatic heterocycles. The van der Waals surface area contributed by atoms with Gasteiger partial charge >= 0.3 is 0 Å². The molecule has 4 heteroatoms. The Morgan fingerprint density at radius 2 is 1.89 bits per heavy atom. The molecular weight excluding hydrogens is 232 g/mol. The highest BCUT2D eigenvalue weighted by Gasteiger charge is 2.20. The standard InChI is InChI=1S/C14H22O4/c1-11(14(17-2)8-13(16)9-15)18-10-12-6-4-3-5-7-12/h3-7,11,13-16H,8-10H2,1-2H3. The molecule has 102 valence electrons. The van der Waals surface area contributed by atoms with E-state index in [1.54, 1.807) is 7.11 Å². The zero-order chi connectivity index (χ0) is 13.4. The summed E-state index contributed by atoms with van der Waals surface area (Å²) < 4.78 is 11.0. The van der Waals surface area contributed by atoms with E-state index in [0.29, 0.717) is 13.0 Å². The summed E-state index contributed by atoms with van der Waals surface area (Å²) in [6.45, 7) is 2.16. The maximum Gasteiger partial charge on any atom is 0.0855 e. The number of ether oxygens (including phenoxy) is 2. The summed E-state index contributed by atoms with van der Waals surface area (Å²) >= 11 is 0. The molecule has 0 heterocycles. The lowest BCUT2D eigenvalue weighted by molar-refractivity contribution is -0.0756. The molecule has 18 heavy (non-hydrogen) atoms. The van der Waals surface area contributed by atoms with E-state index in [2.05, 4.69) is 0 Å². The van der Waals surface area contributed by atoms with E-state index in [1.807, 2.05) is 37.3 Å². The molecule has 0 bridgehead atoms. The maximum absolute atomic E-state index is 9.41. The van der Waals surface area contributed by atoms with Gasteiger partial charge in [0.05, 0.1) is 31.5 Å². The second-order valence-electron chi connectivity index (χ2n) is 4.35. The van der Waals surface area contributed by atoms with Gasteiger partial charge in [-0.3, -0.25) is 0 Å². The van der Waals surface area contributed by atoms with Gasteiger partial charge in [-0.15, -0.1) is 0 Å². The second kappa shape index (κ2) is 8.21. The number of benzene rings is 1. The lowest BCUT2D eigenvalue weighted by Gasteiger charge is -2.24. The number of hydrogen-bond acceptors (Lipinski definition) is 4. The minimum atomic E-state index is -0.766. The Balaban J connectivity index is 2.40. The normalized spacial score (nSPS) is 16.2. The van der Waals surface area contributed by atoms with Gasteiger partial charge in [-0.05, 0) is 12.5 Å². The highest BCUT2D eigenvalue weighted by molar-refractivity contribution is 5.13. The first-order valence-electron chi connectivity index (χ1n) is 6.14. The van der Waals surface area contributed by atoms with E-state index < -0.39 is 6.10 Å². The Bertz CT molecular complexity index is 315. The molecule has 0 aliphatic carbocycles. The molecule has 1 aromatic carbocycles. The van der Waals surface area contributed by atoms with Crippen molar-refractivity contribution in [2.75, 3.05) is 13.7 Å². The average molecular weight is 254 g/mol. The van der Waals surface area contributed by atoms with Crippen LogP contribution in [0, 0.1) is 0 Å². The van der Waals surface area contributed by atoms with Crippen LogP contribution in [0.2, 0.25) is 0 Å². The average Bonchev–Trinajstić information content (AvgIpc) is 2.42. The summed E-state index contributed by atoms with van der Waals surface area (Å²) in [5.74, 6) is 0. The van der Waals surface area contributed by atoms with Crippen molar-refractivity contribution in [1.82, 2.24) is 0 Å². The number of methoxy groups -OCH3 is 1. The van der Waals surface area contributed by atoms with Gasteiger partial charge in [-0.2, -0.15) is 0 Å². The molecular formula is C14H22O4. The van der Waals surface area contributed by atoms with Crippen molar-refractivity contribution in [2.24, 2.45) is 0 Å². The van der Waals surface area contributed by atoms with E-state index in [-0.39, 0.29) is 18.8 Å². The van der Waals surface area contributed by atoms with Gasteiger partial charge in [-0.25, -0.2) is 0 Å². The SMILES string of the molecule is COC(CC(O)CO)C(C)OCc1ccccc1. The van der Waals surface area contributed by atoms with Gasteiger partial charge in [0.2, 0.25) is 0 Å². The third-order valence-corrected chi connectivity index (χ3v) is 2.90. The third kappa shape index (κ3) is 5.14. The first kappa shape index (κ1) is 15.1. The van der Waals surface area contributed by atoms with E-state index in [1.165, 1.54) is 0 Å². The van der Waals surface area contributed by atoms with Crippen LogP contribution < -0.4 is 0 Å². The molecule has 0 aromatic heterocycles. The van der Waals surface area contributed by atoms with Crippen LogP contribution in [0.3, 0.4) is 0 Å². The van der Waals surface area contributed by atoms with Gasteiger partial charge < -0.3 is 19.7 Å². The minimum absolute atomic E-state index is 0.142. The molecule has 4 nitrogen and oxygen atoms in total. The zero-order valence-corrected chi connectivity index (χ0v) is 11.0. The van der Waals surface area contributed by atoms with Gasteiger partial charge in [0.25, 0.3) is 0 Å². The first-order chi connectivity index (χ1) is 8.67. The molecule has 1 aromatic rings. The highest BCUT2D eigenvalue weighted by Crippen LogP contribution is 2.12. The summed E-state index contributed by atoms with van der Waals surface area (Å²) in [5.41, 5.74) is 1.10. The Morgan fingerprint density at radius 3 is 2.44 bits per heavy atom. The van der Waals surface area contributed by atoms with Crippen molar-refractivity contribution in [1.29, 1.82) is 0 Å². The summed E-state index contributed by atoms with van der Waals surface area (Å²) in [6.07, 6.45) is -0.770. The van der Waals surface area contributed by atoms with Crippen LogP contribution in [0.1, 0.15) is 18.9 Å². The number of rotatable bonds is 8. The number of hydrogen-bond donors (Lipinski definition) is 2. The number of aliphatic hydroxyl groups excluding tert-OH is 2.